The van der Waals surface area contributed by atoms with Crippen LogP contribution in [0.15, 0.2) is 18.2 Å². The van der Waals surface area contributed by atoms with Crippen LogP contribution in [0.2, 0.25) is 0 Å². The minimum Gasteiger partial charge on any atom is -0.465 e. The highest BCUT2D eigenvalue weighted by Gasteiger charge is 2.13. The van der Waals surface area contributed by atoms with Gasteiger partial charge in [0.05, 0.1) is 19.2 Å². The van der Waals surface area contributed by atoms with Crippen LogP contribution in [0.25, 0.3) is 0 Å². The minimum atomic E-state index is -0.517. The van der Waals surface area contributed by atoms with E-state index in [0.717, 1.165) is 0 Å². The van der Waals surface area contributed by atoms with Crippen molar-refractivity contribution in [2.24, 2.45) is 5.73 Å². The zero-order chi connectivity index (χ0) is 13.0. The van der Waals surface area contributed by atoms with E-state index < -0.39 is 11.9 Å². The zero-order valence-electron chi connectivity index (χ0n) is 9.77. The Morgan fingerprint density at radius 2 is 2.06 bits per heavy atom. The molecule has 0 radical (unpaired) electrons. The van der Waals surface area contributed by atoms with E-state index in [0.29, 0.717) is 11.4 Å². The Bertz CT molecular complexity index is 446. The fourth-order valence-electron chi connectivity index (χ4n) is 1.39. The van der Waals surface area contributed by atoms with E-state index in [1.807, 2.05) is 0 Å². The summed E-state index contributed by atoms with van der Waals surface area (Å²) in [6, 6.07) is 4.84. The third-order valence-electron chi connectivity index (χ3n) is 2.28. The molecule has 92 valence electrons. The molecule has 1 amide bonds. The molecule has 1 rings (SSSR count). The van der Waals surface area contributed by atoms with Gasteiger partial charge >= 0.3 is 5.97 Å². The van der Waals surface area contributed by atoms with Crippen LogP contribution in [-0.4, -0.2) is 32.6 Å². The Morgan fingerprint density at radius 1 is 1.41 bits per heavy atom. The fraction of sp³-hybridized carbons (Fsp3) is 0.273. The maximum atomic E-state index is 11.4. The van der Waals surface area contributed by atoms with Gasteiger partial charge in [-0.1, -0.05) is 0 Å². The predicted molar refractivity (Wildman–Crippen MR) is 64.7 cm³/mol. The van der Waals surface area contributed by atoms with Crippen molar-refractivity contribution >= 4 is 23.3 Å². The normalized spacial score (nSPS) is 9.76. The monoisotopic (exact) mass is 237 g/mol. The van der Waals surface area contributed by atoms with Gasteiger partial charge in [0.1, 0.15) is 0 Å². The van der Waals surface area contributed by atoms with Crippen molar-refractivity contribution in [3.8, 4) is 0 Å². The molecular weight excluding hydrogens is 222 g/mol. The van der Waals surface area contributed by atoms with Gasteiger partial charge in [-0.05, 0) is 18.2 Å². The number of likely N-dealkylation sites (N-methyl/N-ethyl adjacent to an activating group) is 1. The molecule has 1 aromatic rings. The SMILES string of the molecule is COC(=O)c1cc(N(C)CC(N)=O)ccc1N. The van der Waals surface area contributed by atoms with E-state index in [2.05, 4.69) is 4.74 Å². The number of amides is 1. The molecule has 6 heteroatoms. The lowest BCUT2D eigenvalue weighted by atomic mass is 10.1. The first-order chi connectivity index (χ1) is 7.95. The van der Waals surface area contributed by atoms with Crippen LogP contribution in [0, 0.1) is 0 Å². The summed E-state index contributed by atoms with van der Waals surface area (Å²) in [5.74, 6) is -0.972. The summed E-state index contributed by atoms with van der Waals surface area (Å²) in [6.45, 7) is 0.0601. The maximum absolute atomic E-state index is 11.4. The van der Waals surface area contributed by atoms with Crippen molar-refractivity contribution in [2.45, 2.75) is 0 Å². The van der Waals surface area contributed by atoms with Crippen molar-refractivity contribution in [3.05, 3.63) is 23.8 Å². The highest BCUT2D eigenvalue weighted by atomic mass is 16.5. The molecule has 0 fully saturated rings. The Labute approximate surface area is 99.1 Å². The van der Waals surface area contributed by atoms with Crippen LogP contribution < -0.4 is 16.4 Å². The second-order valence-corrected chi connectivity index (χ2v) is 3.59. The summed E-state index contributed by atoms with van der Waals surface area (Å²) < 4.78 is 4.60. The maximum Gasteiger partial charge on any atom is 0.340 e. The Kier molecular flexibility index (Phi) is 3.92. The quantitative estimate of drug-likeness (QED) is 0.566. The third-order valence-corrected chi connectivity index (χ3v) is 2.28. The lowest BCUT2D eigenvalue weighted by Gasteiger charge is -2.18. The van der Waals surface area contributed by atoms with Gasteiger partial charge in [0.25, 0.3) is 0 Å². The second kappa shape index (κ2) is 5.20. The molecule has 17 heavy (non-hydrogen) atoms. The van der Waals surface area contributed by atoms with Crippen LogP contribution in [0.3, 0.4) is 0 Å². The van der Waals surface area contributed by atoms with E-state index in [4.69, 9.17) is 11.5 Å². The lowest BCUT2D eigenvalue weighted by molar-refractivity contribution is -0.116. The second-order valence-electron chi connectivity index (χ2n) is 3.59. The molecule has 0 spiro atoms. The molecule has 0 heterocycles. The summed E-state index contributed by atoms with van der Waals surface area (Å²) in [5.41, 5.74) is 12.0. The topological polar surface area (TPSA) is 98.6 Å². The molecule has 0 atom stereocenters. The number of ether oxygens (including phenoxy) is 1. The molecule has 0 bridgehead atoms. The molecule has 0 aliphatic rings. The number of benzene rings is 1. The number of rotatable bonds is 4. The third kappa shape index (κ3) is 3.10. The standard InChI is InChI=1S/C11H15N3O3/c1-14(6-10(13)15)7-3-4-9(12)8(5-7)11(16)17-2/h3-5H,6,12H2,1-2H3,(H2,13,15). The van der Waals surface area contributed by atoms with Gasteiger partial charge in [-0.3, -0.25) is 4.79 Å². The highest BCUT2D eigenvalue weighted by Crippen LogP contribution is 2.21. The molecule has 4 N–H and O–H groups in total. The number of hydrogen-bond donors (Lipinski definition) is 2. The van der Waals surface area contributed by atoms with Crippen molar-refractivity contribution in [1.82, 2.24) is 0 Å². The molecule has 0 aromatic heterocycles. The molecule has 0 unspecified atom stereocenters. The van der Waals surface area contributed by atoms with Crippen molar-refractivity contribution in [2.75, 3.05) is 31.3 Å². The van der Waals surface area contributed by atoms with Crippen molar-refractivity contribution < 1.29 is 14.3 Å². The van der Waals surface area contributed by atoms with Gasteiger partial charge in [0.15, 0.2) is 0 Å². The smallest absolute Gasteiger partial charge is 0.340 e. The Hall–Kier alpha value is -2.24. The molecule has 6 nitrogen and oxygen atoms in total. The van der Waals surface area contributed by atoms with Gasteiger partial charge in [-0.25, -0.2) is 4.79 Å². The van der Waals surface area contributed by atoms with Crippen molar-refractivity contribution in [1.29, 1.82) is 0 Å². The summed E-state index contributed by atoms with van der Waals surface area (Å²) in [5, 5.41) is 0. The number of nitrogens with two attached hydrogens (primary N) is 2. The first kappa shape index (κ1) is 12.8. The molecule has 1 aromatic carbocycles. The Balaban J connectivity index is 3.03. The highest BCUT2D eigenvalue weighted by molar-refractivity contribution is 5.96. The van der Waals surface area contributed by atoms with Crippen LogP contribution in [-0.2, 0) is 9.53 Å². The number of anilines is 2. The average molecular weight is 237 g/mol. The number of primary amides is 1. The van der Waals surface area contributed by atoms with Crippen LogP contribution in [0.4, 0.5) is 11.4 Å². The molecule has 0 aliphatic carbocycles. The van der Waals surface area contributed by atoms with E-state index >= 15 is 0 Å². The minimum absolute atomic E-state index is 0.0601. The van der Waals surface area contributed by atoms with Crippen LogP contribution in [0.5, 0.6) is 0 Å². The van der Waals surface area contributed by atoms with E-state index in [1.165, 1.54) is 7.11 Å². The van der Waals surface area contributed by atoms with Gasteiger partial charge in [0.2, 0.25) is 5.91 Å². The van der Waals surface area contributed by atoms with Crippen LogP contribution >= 0.6 is 0 Å². The number of hydrogen-bond acceptors (Lipinski definition) is 5. The summed E-state index contributed by atoms with van der Waals surface area (Å²) in [4.78, 5) is 23.8. The lowest BCUT2D eigenvalue weighted by Crippen LogP contribution is -2.30. The number of carbonyl (C=O) groups excluding carboxylic acids is 2. The van der Waals surface area contributed by atoms with Gasteiger partial charge < -0.3 is 21.1 Å². The summed E-state index contributed by atoms with van der Waals surface area (Å²) >= 11 is 0. The first-order valence-electron chi connectivity index (χ1n) is 4.93. The van der Waals surface area contributed by atoms with E-state index in [9.17, 15) is 9.59 Å². The van der Waals surface area contributed by atoms with Crippen molar-refractivity contribution in [3.63, 3.8) is 0 Å². The van der Waals surface area contributed by atoms with Gasteiger partial charge in [0, 0.05) is 18.4 Å². The average Bonchev–Trinajstić information content (AvgIpc) is 2.27. The molecule has 0 aliphatic heterocycles. The largest absolute Gasteiger partial charge is 0.465 e. The van der Waals surface area contributed by atoms with Gasteiger partial charge in [-0.2, -0.15) is 0 Å². The molecule has 0 saturated carbocycles. The number of methoxy groups -OCH3 is 1. The number of nitrogen functional groups attached to an aromatic ring is 1. The zero-order valence-corrected chi connectivity index (χ0v) is 9.77. The van der Waals surface area contributed by atoms with E-state index in [1.54, 1.807) is 30.1 Å². The first-order valence-corrected chi connectivity index (χ1v) is 4.93. The van der Waals surface area contributed by atoms with E-state index in [-0.39, 0.29) is 12.1 Å². The number of nitrogens with zero attached hydrogens (tertiary/aromatic N) is 1. The molecule has 0 saturated heterocycles. The summed E-state index contributed by atoms with van der Waals surface area (Å²) in [7, 11) is 2.97. The fourth-order valence-corrected chi connectivity index (χ4v) is 1.39. The van der Waals surface area contributed by atoms with Gasteiger partial charge in [-0.15, -0.1) is 0 Å². The number of esters is 1. The Morgan fingerprint density at radius 3 is 2.59 bits per heavy atom. The molecular formula is C11H15N3O3. The summed E-state index contributed by atoms with van der Waals surface area (Å²) in [6.07, 6.45) is 0. The predicted octanol–water partition coefficient (Wildman–Crippen LogP) is -0.0231. The van der Waals surface area contributed by atoms with Crippen LogP contribution in [0.1, 0.15) is 10.4 Å². The number of carbonyl (C=O) groups is 2.